The summed E-state index contributed by atoms with van der Waals surface area (Å²) in [4.78, 5) is 14.5. The molecule has 152 valence electrons. The third-order valence-corrected chi connectivity index (χ3v) is 6.49. The summed E-state index contributed by atoms with van der Waals surface area (Å²) < 4.78 is 0. The highest BCUT2D eigenvalue weighted by Gasteiger charge is 2.35. The van der Waals surface area contributed by atoms with Gasteiger partial charge < -0.3 is 15.3 Å². The fourth-order valence-electron chi connectivity index (χ4n) is 4.77. The average molecular weight is 392 g/mol. The number of nitrogens with one attached hydrogen (secondary N) is 1. The zero-order valence-electron chi connectivity index (χ0n) is 17.4. The van der Waals surface area contributed by atoms with Gasteiger partial charge in [-0.05, 0) is 92.1 Å². The fourth-order valence-corrected chi connectivity index (χ4v) is 4.77. The summed E-state index contributed by atoms with van der Waals surface area (Å²) in [5.74, 6) is 0.632. The molecule has 0 atom stereocenters. The highest BCUT2D eigenvalue weighted by molar-refractivity contribution is 5.95. The summed E-state index contributed by atoms with van der Waals surface area (Å²) >= 11 is 0. The van der Waals surface area contributed by atoms with E-state index in [2.05, 4.69) is 29.6 Å². The van der Waals surface area contributed by atoms with Crippen LogP contribution in [0.25, 0.3) is 5.57 Å². The number of hydrogen-bond acceptors (Lipinski definition) is 2. The van der Waals surface area contributed by atoms with E-state index in [1.54, 1.807) is 0 Å². The predicted molar refractivity (Wildman–Crippen MR) is 119 cm³/mol. The molecule has 1 fully saturated rings. The highest BCUT2D eigenvalue weighted by atomic mass is 16.3. The maximum atomic E-state index is 12.7. The molecule has 0 aromatic heterocycles. The molecule has 2 aliphatic rings. The van der Waals surface area contributed by atoms with Gasteiger partial charge in [0, 0.05) is 30.8 Å². The van der Waals surface area contributed by atoms with Crippen molar-refractivity contribution in [2.45, 2.75) is 33.1 Å². The molecule has 2 aromatic carbocycles. The summed E-state index contributed by atoms with van der Waals surface area (Å²) in [5, 5.41) is 11.6. The molecule has 1 amide bonds. The van der Waals surface area contributed by atoms with Crippen molar-refractivity contribution in [3.63, 3.8) is 0 Å². The number of fused-ring (bicyclic) bond motifs is 1. The number of allylic oxidation sites excluding steroid dienone is 1. The molecule has 2 aromatic rings. The van der Waals surface area contributed by atoms with Crippen LogP contribution in [0.2, 0.25) is 0 Å². The molecule has 1 aliphatic heterocycles. The van der Waals surface area contributed by atoms with Gasteiger partial charge in [0.05, 0.1) is 0 Å². The van der Waals surface area contributed by atoms with Gasteiger partial charge in [-0.15, -0.1) is 0 Å². The molecule has 3 N–H and O–H groups in total. The van der Waals surface area contributed by atoms with E-state index in [9.17, 15) is 4.79 Å². The molecule has 0 saturated carbocycles. The third kappa shape index (κ3) is 3.82. The first kappa shape index (κ1) is 19.7. The predicted octanol–water partition coefficient (Wildman–Crippen LogP) is 3.96. The van der Waals surface area contributed by atoms with Crippen LogP contribution in [0.5, 0.6) is 5.75 Å². The first-order valence-electron chi connectivity index (χ1n) is 10.7. The van der Waals surface area contributed by atoms with Crippen molar-refractivity contribution < 1.29 is 9.90 Å². The first-order chi connectivity index (χ1) is 14.0. The quantitative estimate of drug-likeness (QED) is 0.802. The van der Waals surface area contributed by atoms with E-state index in [-0.39, 0.29) is 11.3 Å². The van der Waals surface area contributed by atoms with Gasteiger partial charge in [-0.1, -0.05) is 18.2 Å². The number of amides is 1. The highest BCUT2D eigenvalue weighted by Crippen LogP contribution is 2.45. The summed E-state index contributed by atoms with van der Waals surface area (Å²) in [7, 11) is 0. The van der Waals surface area contributed by atoms with Crippen LogP contribution in [0.3, 0.4) is 0 Å². The lowest BCUT2D eigenvalue weighted by Gasteiger charge is -2.39. The zero-order valence-corrected chi connectivity index (χ0v) is 17.4. The molecule has 1 heterocycles. The molecular weight excluding hydrogens is 360 g/mol. The number of hydrogen-bond donors (Lipinski definition) is 1. The Hall–Kier alpha value is -2.59. The second-order valence-electron chi connectivity index (χ2n) is 8.27. The molecule has 1 saturated heterocycles. The van der Waals surface area contributed by atoms with E-state index in [0.29, 0.717) is 5.75 Å². The Kier molecular flexibility index (Phi) is 5.46. The lowest BCUT2D eigenvalue weighted by atomic mass is 9.67. The molecule has 0 unspecified atom stereocenters. The molecule has 0 bridgehead atoms. The Labute approximate surface area is 173 Å². The van der Waals surface area contributed by atoms with Crippen LogP contribution in [0.4, 0.5) is 0 Å². The number of carbonyl (C=O) groups is 1. The second kappa shape index (κ2) is 8.03. The molecule has 1 spiro atoms. The van der Waals surface area contributed by atoms with Gasteiger partial charge in [0.15, 0.2) is 0 Å². The minimum absolute atomic E-state index is 0.0860. The van der Waals surface area contributed by atoms with Crippen LogP contribution in [-0.4, -0.2) is 42.1 Å². The van der Waals surface area contributed by atoms with Crippen molar-refractivity contribution in [1.82, 2.24) is 10.2 Å². The summed E-state index contributed by atoms with van der Waals surface area (Å²) in [6.45, 7) is 7.56. The fraction of sp³-hybridized carbons (Fsp3) is 0.400. The van der Waals surface area contributed by atoms with E-state index >= 15 is 0 Å². The Bertz CT molecular complexity index is 920. The van der Waals surface area contributed by atoms with Gasteiger partial charge in [-0.25, -0.2) is 0 Å². The van der Waals surface area contributed by atoms with Crippen LogP contribution in [0.15, 0.2) is 48.5 Å². The third-order valence-electron chi connectivity index (χ3n) is 6.49. The van der Waals surface area contributed by atoms with E-state index in [4.69, 9.17) is 5.11 Å². The van der Waals surface area contributed by atoms with E-state index in [0.717, 1.165) is 56.6 Å². The lowest BCUT2D eigenvalue weighted by Crippen LogP contribution is -2.38. The lowest BCUT2D eigenvalue weighted by molar-refractivity contribution is 0.0773. The van der Waals surface area contributed by atoms with Crippen molar-refractivity contribution in [3.8, 4) is 5.75 Å². The second-order valence-corrected chi connectivity index (χ2v) is 8.27. The molecule has 29 heavy (non-hydrogen) atoms. The van der Waals surface area contributed by atoms with E-state index in [1.807, 2.05) is 43.0 Å². The summed E-state index contributed by atoms with van der Waals surface area (Å²) in [6, 6.07) is 14.1. The zero-order chi connectivity index (χ0) is 20.4. The van der Waals surface area contributed by atoms with Gasteiger partial charge in [-0.2, -0.15) is 0 Å². The van der Waals surface area contributed by atoms with Crippen molar-refractivity contribution >= 4 is 11.5 Å². The van der Waals surface area contributed by atoms with Gasteiger partial charge in [0.25, 0.3) is 11.7 Å². The molecule has 0 radical (unpaired) electrons. The molecular formula is C25H31N2O2+. The molecule has 4 nitrogen and oxygen atoms in total. The van der Waals surface area contributed by atoms with Crippen molar-refractivity contribution in [1.29, 1.82) is 0 Å². The van der Waals surface area contributed by atoms with Crippen molar-refractivity contribution in [2.75, 3.05) is 26.2 Å². The maximum Gasteiger partial charge on any atom is 0.254 e. The Morgan fingerprint density at radius 3 is 2.41 bits per heavy atom. The number of rotatable bonds is 4. The van der Waals surface area contributed by atoms with Crippen molar-refractivity contribution in [2.24, 2.45) is 5.41 Å². The minimum Gasteiger partial charge on any atom is -0.593 e. The van der Waals surface area contributed by atoms with Gasteiger partial charge in [0.2, 0.25) is 0 Å². The van der Waals surface area contributed by atoms with Gasteiger partial charge >= 0.3 is 0 Å². The smallest absolute Gasteiger partial charge is 0.254 e. The van der Waals surface area contributed by atoms with Crippen LogP contribution < -0.4 is 5.32 Å². The standard InChI is InChI=1S/C25H30N2O2/c1-3-27(4-2)24(29)19-7-5-18(6-8-19)23-17-25(11-13-26-14-12-25)16-20-9-10-21(28)15-22(20)23/h5-10,15,17,26,28H,3-4,11-14,16H2,1-2H3/p+1. The van der Waals surface area contributed by atoms with E-state index < -0.39 is 0 Å². The number of carbonyl (C=O) groups excluding carboxylic acids is 1. The van der Waals surface area contributed by atoms with Crippen molar-refractivity contribution in [3.05, 3.63) is 70.8 Å². The minimum atomic E-state index is 0.0860. The van der Waals surface area contributed by atoms with Crippen LogP contribution in [0.1, 0.15) is 53.7 Å². The number of benzene rings is 2. The molecule has 1 aliphatic carbocycles. The van der Waals surface area contributed by atoms with Gasteiger partial charge in [0.1, 0.15) is 0 Å². The van der Waals surface area contributed by atoms with E-state index in [1.165, 1.54) is 16.7 Å². The maximum absolute atomic E-state index is 12.7. The topological polar surface area (TPSA) is 55.2 Å². The Morgan fingerprint density at radius 2 is 1.76 bits per heavy atom. The van der Waals surface area contributed by atoms with Gasteiger partial charge in [-0.3, -0.25) is 4.79 Å². The first-order valence-corrected chi connectivity index (χ1v) is 10.7. The monoisotopic (exact) mass is 391 g/mol. The summed E-state index contributed by atoms with van der Waals surface area (Å²) in [6.07, 6.45) is 5.78. The number of nitrogens with zero attached hydrogens (tertiary/aromatic N) is 1. The Balaban J connectivity index is 1.73. The summed E-state index contributed by atoms with van der Waals surface area (Å²) in [5.41, 5.74) is 5.77. The van der Waals surface area contributed by atoms with Crippen LogP contribution in [-0.2, 0) is 6.42 Å². The molecule has 4 heteroatoms. The number of piperidine rings is 1. The van der Waals surface area contributed by atoms with Crippen LogP contribution in [0, 0.1) is 5.41 Å². The largest absolute Gasteiger partial charge is 0.593 e. The molecule has 4 rings (SSSR count). The average Bonchev–Trinajstić information content (AvgIpc) is 2.75. The SMILES string of the molecule is CCN(CC)C(=O)c1ccc(C2=CC3(CCNCC3)Cc3ccc([OH2+])cc32)cc1. The van der Waals surface area contributed by atoms with Crippen LogP contribution >= 0.6 is 0 Å². The normalized spacial score (nSPS) is 17.5. The Morgan fingerprint density at radius 1 is 1.07 bits per heavy atom.